The van der Waals surface area contributed by atoms with Crippen LogP contribution in [-0.4, -0.2) is 60.3 Å². The Morgan fingerprint density at radius 3 is 2.32 bits per heavy atom. The van der Waals surface area contributed by atoms with Crippen LogP contribution in [0.25, 0.3) is 0 Å². The third-order valence-electron chi connectivity index (χ3n) is 5.96. The van der Waals surface area contributed by atoms with Gasteiger partial charge in [0.05, 0.1) is 27.0 Å². The number of amides is 3. The number of hydrogen-bond donors (Lipinski definition) is 1. The zero-order chi connectivity index (χ0) is 22.3. The van der Waals surface area contributed by atoms with Crippen molar-refractivity contribution in [3.8, 4) is 11.5 Å². The SMILES string of the molecule is COc1ccc(OC)c2c1CN(CN1C(=O)[C@@H](C)N(c3ccc(C)cc3)C1=O)C[C@@H]2O. The third-order valence-corrected chi connectivity index (χ3v) is 5.96. The van der Waals surface area contributed by atoms with Crippen LogP contribution in [0.1, 0.15) is 29.7 Å². The van der Waals surface area contributed by atoms with Gasteiger partial charge in [-0.1, -0.05) is 17.7 Å². The Balaban J connectivity index is 1.58. The molecule has 31 heavy (non-hydrogen) atoms. The molecule has 2 heterocycles. The second kappa shape index (κ2) is 8.20. The summed E-state index contributed by atoms with van der Waals surface area (Å²) in [5, 5.41) is 10.8. The van der Waals surface area contributed by atoms with E-state index in [4.69, 9.17) is 9.47 Å². The minimum atomic E-state index is -0.827. The van der Waals surface area contributed by atoms with Crippen LogP contribution in [0.5, 0.6) is 11.5 Å². The molecule has 0 aliphatic carbocycles. The van der Waals surface area contributed by atoms with Crippen molar-refractivity contribution in [2.45, 2.75) is 32.5 Å². The minimum absolute atomic E-state index is 0.0846. The van der Waals surface area contributed by atoms with E-state index in [2.05, 4.69) is 0 Å². The summed E-state index contributed by atoms with van der Waals surface area (Å²) in [4.78, 5) is 30.7. The largest absolute Gasteiger partial charge is 0.496 e. The van der Waals surface area contributed by atoms with Crippen LogP contribution in [0, 0.1) is 6.92 Å². The number of methoxy groups -OCH3 is 2. The fourth-order valence-corrected chi connectivity index (χ4v) is 4.35. The molecule has 2 aromatic rings. The average molecular weight is 425 g/mol. The highest BCUT2D eigenvalue weighted by Crippen LogP contribution is 2.39. The molecule has 1 fully saturated rings. The van der Waals surface area contributed by atoms with Gasteiger partial charge < -0.3 is 14.6 Å². The highest BCUT2D eigenvalue weighted by atomic mass is 16.5. The summed E-state index contributed by atoms with van der Waals surface area (Å²) in [7, 11) is 3.13. The summed E-state index contributed by atoms with van der Waals surface area (Å²) in [5.41, 5.74) is 3.25. The quantitative estimate of drug-likeness (QED) is 0.742. The zero-order valence-corrected chi connectivity index (χ0v) is 18.2. The topological polar surface area (TPSA) is 82.6 Å². The van der Waals surface area contributed by atoms with Crippen LogP contribution < -0.4 is 14.4 Å². The van der Waals surface area contributed by atoms with Crippen LogP contribution in [-0.2, 0) is 11.3 Å². The van der Waals surface area contributed by atoms with Crippen LogP contribution in [0.2, 0.25) is 0 Å². The number of aryl methyl sites for hydroxylation is 1. The number of benzene rings is 2. The van der Waals surface area contributed by atoms with E-state index in [1.54, 1.807) is 33.3 Å². The number of rotatable bonds is 5. The molecule has 0 radical (unpaired) electrons. The zero-order valence-electron chi connectivity index (χ0n) is 18.2. The summed E-state index contributed by atoms with van der Waals surface area (Å²) in [5.74, 6) is 0.965. The highest BCUT2D eigenvalue weighted by molar-refractivity contribution is 6.14. The Morgan fingerprint density at radius 2 is 1.68 bits per heavy atom. The number of carbonyl (C=O) groups excluding carboxylic acids is 2. The Kier molecular flexibility index (Phi) is 5.60. The lowest BCUT2D eigenvalue weighted by atomic mass is 9.95. The van der Waals surface area contributed by atoms with Crippen molar-refractivity contribution in [1.29, 1.82) is 0 Å². The van der Waals surface area contributed by atoms with Crippen molar-refractivity contribution in [3.05, 3.63) is 53.1 Å². The number of aliphatic hydroxyl groups is 1. The van der Waals surface area contributed by atoms with E-state index in [9.17, 15) is 14.7 Å². The minimum Gasteiger partial charge on any atom is -0.496 e. The van der Waals surface area contributed by atoms with Gasteiger partial charge in [0, 0.05) is 29.9 Å². The molecule has 4 rings (SSSR count). The molecule has 0 aromatic heterocycles. The molecule has 2 aliphatic rings. The molecular weight excluding hydrogens is 398 g/mol. The Bertz CT molecular complexity index is 1010. The molecule has 1 N–H and O–H groups in total. The van der Waals surface area contributed by atoms with Crippen molar-refractivity contribution in [2.24, 2.45) is 0 Å². The molecule has 8 heteroatoms. The van der Waals surface area contributed by atoms with Gasteiger partial charge in [0.1, 0.15) is 17.5 Å². The van der Waals surface area contributed by atoms with Gasteiger partial charge in [-0.15, -0.1) is 0 Å². The van der Waals surface area contributed by atoms with Gasteiger partial charge in [0.25, 0.3) is 5.91 Å². The summed E-state index contributed by atoms with van der Waals surface area (Å²) in [6, 6.07) is 10.1. The number of imide groups is 1. The fraction of sp³-hybridized carbons (Fsp3) is 0.391. The number of nitrogens with zero attached hydrogens (tertiary/aromatic N) is 3. The average Bonchev–Trinajstić information content (AvgIpc) is 2.97. The van der Waals surface area contributed by atoms with Gasteiger partial charge in [-0.2, -0.15) is 0 Å². The van der Waals surface area contributed by atoms with E-state index in [0.29, 0.717) is 29.3 Å². The van der Waals surface area contributed by atoms with Gasteiger partial charge >= 0.3 is 6.03 Å². The fourth-order valence-electron chi connectivity index (χ4n) is 4.35. The van der Waals surface area contributed by atoms with Crippen LogP contribution >= 0.6 is 0 Å². The number of urea groups is 1. The Hall–Kier alpha value is -3.10. The van der Waals surface area contributed by atoms with Gasteiger partial charge in [-0.05, 0) is 38.1 Å². The number of aliphatic hydroxyl groups excluding tert-OH is 1. The maximum absolute atomic E-state index is 13.1. The molecule has 3 amide bonds. The van der Waals surface area contributed by atoms with Crippen LogP contribution in [0.15, 0.2) is 36.4 Å². The predicted octanol–water partition coefficient (Wildman–Crippen LogP) is 2.68. The first-order valence-corrected chi connectivity index (χ1v) is 10.2. The van der Waals surface area contributed by atoms with Crippen LogP contribution in [0.4, 0.5) is 10.5 Å². The van der Waals surface area contributed by atoms with Crippen molar-refractivity contribution in [2.75, 3.05) is 32.3 Å². The van der Waals surface area contributed by atoms with E-state index in [1.807, 2.05) is 36.1 Å². The standard InChI is InChI=1S/C23H27N3O5/c1-14-5-7-16(8-6-14)26-15(2)22(28)25(23(26)29)13-24-11-17-19(30-3)9-10-20(31-4)21(17)18(27)12-24/h5-10,15,18,27H,11-13H2,1-4H3/t15-,18+/m1/s1. The maximum Gasteiger partial charge on any atom is 0.333 e. The first-order chi connectivity index (χ1) is 14.8. The number of β-amino-alcohol motifs (C(OH)–C–C–N with tert-alkyl or cyclic N) is 1. The van der Waals surface area contributed by atoms with Crippen molar-refractivity contribution in [3.63, 3.8) is 0 Å². The molecule has 0 spiro atoms. The van der Waals surface area contributed by atoms with Gasteiger partial charge in [0.2, 0.25) is 0 Å². The number of carbonyl (C=O) groups is 2. The normalized spacial score (nSPS) is 21.5. The van der Waals surface area contributed by atoms with Gasteiger partial charge in [-0.25, -0.2) is 9.69 Å². The Labute approximate surface area is 181 Å². The monoisotopic (exact) mass is 425 g/mol. The predicted molar refractivity (Wildman–Crippen MR) is 115 cm³/mol. The summed E-state index contributed by atoms with van der Waals surface area (Å²) < 4.78 is 10.9. The maximum atomic E-state index is 13.1. The molecule has 164 valence electrons. The first-order valence-electron chi connectivity index (χ1n) is 10.2. The Morgan fingerprint density at radius 1 is 1.03 bits per heavy atom. The second-order valence-electron chi connectivity index (χ2n) is 7.96. The smallest absolute Gasteiger partial charge is 0.333 e. The van der Waals surface area contributed by atoms with E-state index in [0.717, 1.165) is 11.1 Å². The van der Waals surface area contributed by atoms with Crippen LogP contribution in [0.3, 0.4) is 0 Å². The van der Waals surface area contributed by atoms with E-state index < -0.39 is 12.1 Å². The lowest BCUT2D eigenvalue weighted by Gasteiger charge is -2.35. The molecule has 0 bridgehead atoms. The molecule has 0 unspecified atom stereocenters. The molecule has 2 atom stereocenters. The molecular formula is C23H27N3O5. The summed E-state index contributed by atoms with van der Waals surface area (Å²) in [6.45, 7) is 4.48. The first kappa shape index (κ1) is 21.1. The van der Waals surface area contributed by atoms with Gasteiger partial charge in [0.15, 0.2) is 0 Å². The van der Waals surface area contributed by atoms with E-state index in [-0.39, 0.29) is 25.2 Å². The molecule has 8 nitrogen and oxygen atoms in total. The molecule has 0 saturated carbocycles. The second-order valence-corrected chi connectivity index (χ2v) is 7.96. The number of anilines is 1. The number of hydrogen-bond acceptors (Lipinski definition) is 6. The van der Waals surface area contributed by atoms with Crippen molar-refractivity contribution in [1.82, 2.24) is 9.80 Å². The summed E-state index contributed by atoms with van der Waals surface area (Å²) >= 11 is 0. The van der Waals surface area contributed by atoms with Crippen molar-refractivity contribution < 1.29 is 24.2 Å². The van der Waals surface area contributed by atoms with E-state index >= 15 is 0 Å². The third kappa shape index (κ3) is 3.62. The lowest BCUT2D eigenvalue weighted by molar-refractivity contribution is -0.128. The molecule has 2 aromatic carbocycles. The van der Waals surface area contributed by atoms with Crippen molar-refractivity contribution >= 4 is 17.6 Å². The number of ether oxygens (including phenoxy) is 2. The molecule has 1 saturated heterocycles. The summed E-state index contributed by atoms with van der Waals surface area (Å²) in [6.07, 6.45) is -0.827. The molecule has 2 aliphatic heterocycles. The highest BCUT2D eigenvalue weighted by Gasteiger charge is 2.44. The van der Waals surface area contributed by atoms with E-state index in [1.165, 1.54) is 9.80 Å². The lowest BCUT2D eigenvalue weighted by Crippen LogP contribution is -2.45. The van der Waals surface area contributed by atoms with Gasteiger partial charge in [-0.3, -0.25) is 14.6 Å². The number of fused-ring (bicyclic) bond motifs is 1.